The van der Waals surface area contributed by atoms with Crippen molar-refractivity contribution in [3.05, 3.63) is 34.3 Å². The number of ketones is 1. The average molecular weight is 266 g/mol. The van der Waals surface area contributed by atoms with Gasteiger partial charge in [-0.3, -0.25) is 9.59 Å². The molecule has 0 radical (unpaired) electrons. The van der Waals surface area contributed by atoms with Gasteiger partial charge < -0.3 is 4.90 Å². The number of nitrogens with zero attached hydrogens (tertiary/aromatic N) is 1. The van der Waals surface area contributed by atoms with Crippen LogP contribution in [0.1, 0.15) is 29.3 Å². The quantitative estimate of drug-likeness (QED) is 0.783. The molecule has 1 aromatic carbocycles. The summed E-state index contributed by atoms with van der Waals surface area (Å²) < 4.78 is 0. The third kappa shape index (κ3) is 2.56. The standard InChI is InChI=1S/C14H16ClNO2/c1-9-3-4-11(12(15)7-9)14(18)16-6-5-13(17)10(2)8-16/h3-4,7,10H,5-6,8H2,1-2H3. The fourth-order valence-corrected chi connectivity index (χ4v) is 2.48. The van der Waals surface area contributed by atoms with Gasteiger partial charge in [0.15, 0.2) is 0 Å². The lowest BCUT2D eigenvalue weighted by Gasteiger charge is -2.30. The lowest BCUT2D eigenvalue weighted by atomic mass is 9.98. The fourth-order valence-electron chi connectivity index (χ4n) is 2.16. The van der Waals surface area contributed by atoms with E-state index >= 15 is 0 Å². The van der Waals surface area contributed by atoms with E-state index in [0.717, 1.165) is 5.56 Å². The summed E-state index contributed by atoms with van der Waals surface area (Å²) in [5.41, 5.74) is 1.54. The lowest BCUT2D eigenvalue weighted by Crippen LogP contribution is -2.43. The second kappa shape index (κ2) is 5.11. The Morgan fingerprint density at radius 1 is 1.44 bits per heavy atom. The molecule has 1 unspecified atom stereocenters. The van der Waals surface area contributed by atoms with Crippen LogP contribution >= 0.6 is 11.6 Å². The van der Waals surface area contributed by atoms with Crippen LogP contribution in [0.4, 0.5) is 0 Å². The van der Waals surface area contributed by atoms with Gasteiger partial charge >= 0.3 is 0 Å². The average Bonchev–Trinajstić information content (AvgIpc) is 2.32. The van der Waals surface area contributed by atoms with E-state index in [1.165, 1.54) is 0 Å². The number of rotatable bonds is 1. The second-order valence-electron chi connectivity index (χ2n) is 4.85. The fraction of sp³-hybridized carbons (Fsp3) is 0.429. The van der Waals surface area contributed by atoms with Crippen molar-refractivity contribution < 1.29 is 9.59 Å². The first-order chi connectivity index (χ1) is 8.49. The smallest absolute Gasteiger partial charge is 0.255 e. The van der Waals surface area contributed by atoms with Crippen LogP contribution in [0.3, 0.4) is 0 Å². The number of aryl methyl sites for hydroxylation is 1. The van der Waals surface area contributed by atoms with E-state index in [2.05, 4.69) is 0 Å². The van der Waals surface area contributed by atoms with Crippen LogP contribution < -0.4 is 0 Å². The monoisotopic (exact) mass is 265 g/mol. The summed E-state index contributed by atoms with van der Waals surface area (Å²) >= 11 is 6.09. The Balaban J connectivity index is 2.19. The molecule has 0 bridgehead atoms. The van der Waals surface area contributed by atoms with Gasteiger partial charge in [0.25, 0.3) is 5.91 Å². The number of halogens is 1. The van der Waals surface area contributed by atoms with Crippen LogP contribution in [-0.2, 0) is 4.79 Å². The first kappa shape index (κ1) is 13.1. The third-order valence-corrected chi connectivity index (χ3v) is 3.63. The zero-order valence-electron chi connectivity index (χ0n) is 10.6. The van der Waals surface area contributed by atoms with Crippen molar-refractivity contribution in [3.8, 4) is 0 Å². The normalized spacial score (nSPS) is 20.1. The van der Waals surface area contributed by atoms with E-state index in [1.807, 2.05) is 19.9 Å². The van der Waals surface area contributed by atoms with Crippen LogP contribution in [0.25, 0.3) is 0 Å². The minimum atomic E-state index is -0.0839. The van der Waals surface area contributed by atoms with Crippen molar-refractivity contribution in [2.24, 2.45) is 5.92 Å². The van der Waals surface area contributed by atoms with E-state index in [4.69, 9.17) is 11.6 Å². The molecular weight excluding hydrogens is 250 g/mol. The van der Waals surface area contributed by atoms with Gasteiger partial charge in [-0.15, -0.1) is 0 Å². The molecule has 1 aliphatic rings. The van der Waals surface area contributed by atoms with Crippen molar-refractivity contribution in [3.63, 3.8) is 0 Å². The van der Waals surface area contributed by atoms with E-state index < -0.39 is 0 Å². The summed E-state index contributed by atoms with van der Waals surface area (Å²) in [5.74, 6) is 0.0697. The van der Waals surface area contributed by atoms with Crippen molar-refractivity contribution >= 4 is 23.3 Å². The van der Waals surface area contributed by atoms with Crippen LogP contribution in [0.15, 0.2) is 18.2 Å². The van der Waals surface area contributed by atoms with E-state index in [-0.39, 0.29) is 17.6 Å². The highest BCUT2D eigenvalue weighted by Crippen LogP contribution is 2.22. The number of piperidine rings is 1. The first-order valence-corrected chi connectivity index (χ1v) is 6.45. The maximum Gasteiger partial charge on any atom is 0.255 e. The first-order valence-electron chi connectivity index (χ1n) is 6.07. The molecule has 2 rings (SSSR count). The molecule has 0 N–H and O–H groups in total. The zero-order chi connectivity index (χ0) is 13.3. The summed E-state index contributed by atoms with van der Waals surface area (Å²) in [6.07, 6.45) is 0.441. The van der Waals surface area contributed by atoms with Crippen molar-refractivity contribution in [1.29, 1.82) is 0 Å². The molecule has 3 nitrogen and oxygen atoms in total. The van der Waals surface area contributed by atoms with Crippen molar-refractivity contribution in [1.82, 2.24) is 4.90 Å². The number of hydrogen-bond donors (Lipinski definition) is 0. The Bertz CT molecular complexity index is 499. The number of Topliss-reactive ketones (excluding diaryl/α,β-unsaturated/α-hetero) is 1. The van der Waals surface area contributed by atoms with Crippen LogP contribution in [0.2, 0.25) is 5.02 Å². The molecule has 1 fully saturated rings. The van der Waals surface area contributed by atoms with Gasteiger partial charge in [-0.05, 0) is 24.6 Å². The van der Waals surface area contributed by atoms with Crippen molar-refractivity contribution in [2.45, 2.75) is 20.3 Å². The zero-order valence-corrected chi connectivity index (χ0v) is 11.3. The molecule has 0 aromatic heterocycles. The molecule has 1 aromatic rings. The largest absolute Gasteiger partial charge is 0.337 e. The minimum Gasteiger partial charge on any atom is -0.337 e. The summed E-state index contributed by atoms with van der Waals surface area (Å²) in [6, 6.07) is 5.41. The minimum absolute atomic E-state index is 0.0769. The van der Waals surface area contributed by atoms with Gasteiger partial charge in [0.05, 0.1) is 10.6 Å². The Kier molecular flexibility index (Phi) is 3.71. The highest BCUT2D eigenvalue weighted by Gasteiger charge is 2.28. The summed E-state index contributed by atoms with van der Waals surface area (Å²) in [4.78, 5) is 25.5. The molecule has 1 aliphatic heterocycles. The Labute approximate surface area is 112 Å². The van der Waals surface area contributed by atoms with Gasteiger partial charge in [0.1, 0.15) is 5.78 Å². The van der Waals surface area contributed by atoms with Crippen LogP contribution in [0, 0.1) is 12.8 Å². The molecule has 0 aliphatic carbocycles. The number of amides is 1. The molecule has 4 heteroatoms. The van der Waals surface area contributed by atoms with Gasteiger partial charge in [-0.1, -0.05) is 24.6 Å². The maximum atomic E-state index is 12.3. The van der Waals surface area contributed by atoms with Crippen LogP contribution in [-0.4, -0.2) is 29.7 Å². The van der Waals surface area contributed by atoms with E-state index in [9.17, 15) is 9.59 Å². The second-order valence-corrected chi connectivity index (χ2v) is 5.26. The van der Waals surface area contributed by atoms with Crippen LogP contribution in [0.5, 0.6) is 0 Å². The molecule has 1 heterocycles. The van der Waals surface area contributed by atoms with E-state index in [0.29, 0.717) is 30.1 Å². The SMILES string of the molecule is Cc1ccc(C(=O)N2CCC(=O)C(C)C2)c(Cl)c1. The Morgan fingerprint density at radius 3 is 2.78 bits per heavy atom. The number of carbonyl (C=O) groups excluding carboxylic acids is 2. The van der Waals surface area contributed by atoms with E-state index in [1.54, 1.807) is 17.0 Å². The van der Waals surface area contributed by atoms with Gasteiger partial charge in [0.2, 0.25) is 0 Å². The predicted molar refractivity (Wildman–Crippen MR) is 70.9 cm³/mol. The number of carbonyl (C=O) groups is 2. The van der Waals surface area contributed by atoms with Crippen molar-refractivity contribution in [2.75, 3.05) is 13.1 Å². The number of benzene rings is 1. The molecular formula is C14H16ClNO2. The molecule has 0 spiro atoms. The maximum absolute atomic E-state index is 12.3. The summed E-state index contributed by atoms with van der Waals surface area (Å²) in [5, 5.41) is 0.476. The molecule has 1 amide bonds. The highest BCUT2D eigenvalue weighted by atomic mass is 35.5. The topological polar surface area (TPSA) is 37.4 Å². The van der Waals surface area contributed by atoms with Gasteiger partial charge in [0, 0.05) is 25.4 Å². The molecule has 0 saturated carbocycles. The Morgan fingerprint density at radius 2 is 2.17 bits per heavy atom. The van der Waals surface area contributed by atoms with Gasteiger partial charge in [-0.2, -0.15) is 0 Å². The number of hydrogen-bond acceptors (Lipinski definition) is 2. The number of likely N-dealkylation sites (tertiary alicyclic amines) is 1. The molecule has 1 saturated heterocycles. The summed E-state index contributed by atoms with van der Waals surface area (Å²) in [7, 11) is 0. The third-order valence-electron chi connectivity index (χ3n) is 3.31. The summed E-state index contributed by atoms with van der Waals surface area (Å²) in [6.45, 7) is 4.77. The Hall–Kier alpha value is -1.35. The molecule has 96 valence electrons. The lowest BCUT2D eigenvalue weighted by molar-refractivity contribution is -0.124. The highest BCUT2D eigenvalue weighted by molar-refractivity contribution is 6.33. The van der Waals surface area contributed by atoms with Gasteiger partial charge in [-0.25, -0.2) is 0 Å². The molecule has 18 heavy (non-hydrogen) atoms. The predicted octanol–water partition coefficient (Wildman–Crippen LogP) is 2.70. The molecule has 1 atom stereocenters.